The highest BCUT2D eigenvalue weighted by atomic mass is 28.4. The molecular weight excluding hydrogens is 240 g/mol. The quantitative estimate of drug-likeness (QED) is 0.675. The van der Waals surface area contributed by atoms with Gasteiger partial charge in [-0.2, -0.15) is 0 Å². The monoisotopic (exact) mass is 266 g/mol. The zero-order valence-electron chi connectivity index (χ0n) is 12.3. The van der Waals surface area contributed by atoms with Gasteiger partial charge in [-0.25, -0.2) is 0 Å². The van der Waals surface area contributed by atoms with Crippen molar-refractivity contribution in [1.82, 2.24) is 0 Å². The van der Waals surface area contributed by atoms with Crippen LogP contribution in [0.1, 0.15) is 33.3 Å². The average Bonchev–Trinajstić information content (AvgIpc) is 2.34. The molecule has 0 fully saturated rings. The number of benzene rings is 1. The Morgan fingerprint density at radius 1 is 1.17 bits per heavy atom. The molecule has 0 bridgehead atoms. The molecule has 0 spiro atoms. The molecule has 0 heterocycles. The van der Waals surface area contributed by atoms with Gasteiger partial charge < -0.3 is 8.85 Å². The van der Waals surface area contributed by atoms with E-state index in [1.165, 1.54) is 5.56 Å². The Morgan fingerprint density at radius 3 is 2.33 bits per heavy atom. The summed E-state index contributed by atoms with van der Waals surface area (Å²) in [5.74, 6) is 1.50. The molecule has 0 aromatic heterocycles. The predicted molar refractivity (Wildman–Crippen MR) is 79.3 cm³/mol. The summed E-state index contributed by atoms with van der Waals surface area (Å²) in [6.45, 7) is 11.6. The third kappa shape index (κ3) is 4.46. The van der Waals surface area contributed by atoms with Crippen LogP contribution in [-0.4, -0.2) is 15.2 Å². The van der Waals surface area contributed by atoms with Crippen molar-refractivity contribution in [1.29, 1.82) is 0 Å². The van der Waals surface area contributed by atoms with E-state index in [0.717, 1.165) is 24.4 Å². The highest BCUT2D eigenvalue weighted by Crippen LogP contribution is 2.24. The lowest BCUT2D eigenvalue weighted by atomic mass is 10.2. The van der Waals surface area contributed by atoms with E-state index in [1.54, 1.807) is 0 Å². The van der Waals surface area contributed by atoms with Crippen molar-refractivity contribution in [2.45, 2.75) is 46.7 Å². The van der Waals surface area contributed by atoms with Gasteiger partial charge in [0.1, 0.15) is 5.75 Å². The minimum Gasteiger partial charge on any atom is -0.520 e. The topological polar surface area (TPSA) is 18.5 Å². The van der Waals surface area contributed by atoms with Crippen LogP contribution in [0.15, 0.2) is 24.3 Å². The summed E-state index contributed by atoms with van der Waals surface area (Å²) < 4.78 is 12.4. The molecule has 1 rings (SSSR count). The third-order valence-corrected chi connectivity index (χ3v) is 6.51. The largest absolute Gasteiger partial charge is 0.520 e. The Labute approximate surface area is 113 Å². The molecule has 2 nitrogen and oxygen atoms in total. The Balaban J connectivity index is 2.78. The van der Waals surface area contributed by atoms with E-state index >= 15 is 0 Å². The summed E-state index contributed by atoms with van der Waals surface area (Å²) in [7, 11) is -2.07. The molecule has 18 heavy (non-hydrogen) atoms. The first kappa shape index (κ1) is 15.3. The molecule has 0 atom stereocenters. The van der Waals surface area contributed by atoms with Crippen molar-refractivity contribution in [3.8, 4) is 5.75 Å². The van der Waals surface area contributed by atoms with E-state index in [1.807, 2.05) is 12.1 Å². The molecule has 0 amide bonds. The lowest BCUT2D eigenvalue weighted by molar-refractivity contribution is 0.207. The highest BCUT2D eigenvalue weighted by molar-refractivity contribution is 6.68. The SMILES string of the molecule is CC[Si](CC)(OCC(C)C)Oc1cccc(C)c1. The van der Waals surface area contributed by atoms with Crippen molar-refractivity contribution in [2.24, 2.45) is 5.92 Å². The van der Waals surface area contributed by atoms with E-state index in [9.17, 15) is 0 Å². The molecule has 1 aromatic rings. The van der Waals surface area contributed by atoms with Gasteiger partial charge in [-0.1, -0.05) is 39.8 Å². The van der Waals surface area contributed by atoms with Crippen LogP contribution in [-0.2, 0) is 4.43 Å². The molecule has 102 valence electrons. The first-order valence-corrected chi connectivity index (χ1v) is 9.14. The second-order valence-electron chi connectivity index (χ2n) is 5.24. The normalized spacial score (nSPS) is 11.9. The second kappa shape index (κ2) is 6.95. The maximum absolute atomic E-state index is 6.25. The van der Waals surface area contributed by atoms with Gasteiger partial charge in [0.25, 0.3) is 0 Å². The second-order valence-corrected chi connectivity index (χ2v) is 8.97. The summed E-state index contributed by atoms with van der Waals surface area (Å²) in [5.41, 5.74) is 1.23. The van der Waals surface area contributed by atoms with Crippen LogP contribution in [0.5, 0.6) is 5.75 Å². The van der Waals surface area contributed by atoms with Crippen LogP contribution >= 0.6 is 0 Å². The van der Waals surface area contributed by atoms with Crippen LogP contribution in [0.2, 0.25) is 12.1 Å². The fourth-order valence-corrected chi connectivity index (χ4v) is 4.29. The molecule has 0 aliphatic heterocycles. The minimum atomic E-state index is -2.07. The van der Waals surface area contributed by atoms with Crippen LogP contribution in [0.25, 0.3) is 0 Å². The standard InChI is InChI=1S/C15H26O2Si/c1-6-18(7-2,16-12-13(3)4)17-15-10-8-9-14(5)11-15/h8-11,13H,6-7,12H2,1-5H3. The average molecular weight is 266 g/mol. The Morgan fingerprint density at radius 2 is 1.83 bits per heavy atom. The van der Waals surface area contributed by atoms with E-state index in [4.69, 9.17) is 8.85 Å². The van der Waals surface area contributed by atoms with Gasteiger partial charge in [0, 0.05) is 6.61 Å². The zero-order chi connectivity index (χ0) is 13.6. The first-order valence-electron chi connectivity index (χ1n) is 6.91. The van der Waals surface area contributed by atoms with Crippen LogP contribution < -0.4 is 4.43 Å². The fraction of sp³-hybridized carbons (Fsp3) is 0.600. The van der Waals surface area contributed by atoms with E-state index in [0.29, 0.717) is 5.92 Å². The van der Waals surface area contributed by atoms with Crippen molar-refractivity contribution in [3.05, 3.63) is 29.8 Å². The highest BCUT2D eigenvalue weighted by Gasteiger charge is 2.36. The van der Waals surface area contributed by atoms with Crippen LogP contribution in [0.4, 0.5) is 0 Å². The zero-order valence-corrected chi connectivity index (χ0v) is 13.3. The molecular formula is C15H26O2Si. The van der Waals surface area contributed by atoms with Gasteiger partial charge in [0.2, 0.25) is 0 Å². The van der Waals surface area contributed by atoms with Crippen LogP contribution in [0, 0.1) is 12.8 Å². The number of rotatable bonds is 7. The number of hydrogen-bond donors (Lipinski definition) is 0. The van der Waals surface area contributed by atoms with Crippen molar-refractivity contribution >= 4 is 8.56 Å². The maximum Gasteiger partial charge on any atom is 0.398 e. The lowest BCUT2D eigenvalue weighted by Crippen LogP contribution is -2.44. The van der Waals surface area contributed by atoms with Gasteiger partial charge in [-0.15, -0.1) is 0 Å². The minimum absolute atomic E-state index is 0.552. The number of hydrogen-bond acceptors (Lipinski definition) is 2. The molecule has 1 aromatic carbocycles. The van der Waals surface area contributed by atoms with E-state index < -0.39 is 8.56 Å². The molecule has 3 heteroatoms. The van der Waals surface area contributed by atoms with Crippen molar-refractivity contribution in [2.75, 3.05) is 6.61 Å². The first-order chi connectivity index (χ1) is 8.51. The third-order valence-electron chi connectivity index (χ3n) is 3.05. The Hall–Kier alpha value is -0.803. The maximum atomic E-state index is 6.25. The van der Waals surface area contributed by atoms with Crippen LogP contribution in [0.3, 0.4) is 0 Å². The molecule has 0 N–H and O–H groups in total. The van der Waals surface area contributed by atoms with Gasteiger partial charge in [-0.05, 0) is 42.6 Å². The van der Waals surface area contributed by atoms with Gasteiger partial charge in [0.15, 0.2) is 0 Å². The van der Waals surface area contributed by atoms with Crippen molar-refractivity contribution < 1.29 is 8.85 Å². The summed E-state index contributed by atoms with van der Waals surface area (Å²) in [6, 6.07) is 10.2. The smallest absolute Gasteiger partial charge is 0.398 e. The molecule has 0 unspecified atom stereocenters. The molecule has 0 aliphatic carbocycles. The van der Waals surface area contributed by atoms with E-state index in [-0.39, 0.29) is 0 Å². The summed E-state index contributed by atoms with van der Waals surface area (Å²) in [4.78, 5) is 0. The molecule has 0 saturated carbocycles. The van der Waals surface area contributed by atoms with Gasteiger partial charge in [0.05, 0.1) is 0 Å². The number of aryl methyl sites for hydroxylation is 1. The Bertz CT molecular complexity index is 359. The van der Waals surface area contributed by atoms with E-state index in [2.05, 4.69) is 46.8 Å². The van der Waals surface area contributed by atoms with Gasteiger partial charge >= 0.3 is 8.56 Å². The summed E-state index contributed by atoms with van der Waals surface area (Å²) in [5, 5.41) is 0. The molecule has 0 radical (unpaired) electrons. The molecule has 0 saturated heterocycles. The summed E-state index contributed by atoms with van der Waals surface area (Å²) in [6.07, 6.45) is 0. The molecule has 0 aliphatic rings. The van der Waals surface area contributed by atoms with Gasteiger partial charge in [-0.3, -0.25) is 0 Å². The fourth-order valence-electron chi connectivity index (χ4n) is 1.84. The predicted octanol–water partition coefficient (Wildman–Crippen LogP) is 4.53. The van der Waals surface area contributed by atoms with Crippen molar-refractivity contribution in [3.63, 3.8) is 0 Å². The Kier molecular flexibility index (Phi) is 5.89. The lowest BCUT2D eigenvalue weighted by Gasteiger charge is -2.30. The summed E-state index contributed by atoms with van der Waals surface area (Å²) >= 11 is 0.